The summed E-state index contributed by atoms with van der Waals surface area (Å²) in [4.78, 5) is 11.7. The van der Waals surface area contributed by atoms with Crippen LogP contribution in [0.4, 0.5) is 4.39 Å². The van der Waals surface area contributed by atoms with Crippen LogP contribution in [0.3, 0.4) is 0 Å². The molecular weight excluding hydrogens is 283 g/mol. The highest BCUT2D eigenvalue weighted by Gasteiger charge is 2.08. The lowest BCUT2D eigenvalue weighted by atomic mass is 10.0. The van der Waals surface area contributed by atoms with Gasteiger partial charge in [-0.2, -0.15) is 0 Å². The van der Waals surface area contributed by atoms with Crippen LogP contribution in [-0.2, 0) is 6.61 Å². The van der Waals surface area contributed by atoms with E-state index in [0.717, 1.165) is 22.1 Å². The van der Waals surface area contributed by atoms with Crippen LogP contribution < -0.4 is 10.4 Å². The summed E-state index contributed by atoms with van der Waals surface area (Å²) in [6, 6.07) is 11.0. The third-order valence-corrected chi connectivity index (χ3v) is 3.65. The molecule has 4 heteroatoms. The van der Waals surface area contributed by atoms with E-state index in [4.69, 9.17) is 9.15 Å². The molecule has 0 unspecified atom stereocenters. The molecule has 3 nitrogen and oxygen atoms in total. The van der Waals surface area contributed by atoms with Gasteiger partial charge in [-0.15, -0.1) is 0 Å². The number of aryl methyl sites for hydroxylation is 2. The molecule has 1 aromatic heterocycles. The summed E-state index contributed by atoms with van der Waals surface area (Å²) in [6.07, 6.45) is 0. The second kappa shape index (κ2) is 5.64. The van der Waals surface area contributed by atoms with E-state index >= 15 is 0 Å². The molecule has 112 valence electrons. The largest absolute Gasteiger partial charge is 0.489 e. The standard InChI is InChI=1S/C18H15FO3/c1-11-7-16-13(9-18(20)22-17(16)8-12(11)2)10-21-15-5-3-14(19)4-6-15/h3-9H,10H2,1-2H3. The Morgan fingerprint density at radius 3 is 2.45 bits per heavy atom. The van der Waals surface area contributed by atoms with E-state index in [1.807, 2.05) is 26.0 Å². The van der Waals surface area contributed by atoms with Gasteiger partial charge in [0, 0.05) is 17.0 Å². The molecule has 0 atom stereocenters. The van der Waals surface area contributed by atoms with Crippen molar-refractivity contribution < 1.29 is 13.5 Å². The van der Waals surface area contributed by atoms with Gasteiger partial charge in [-0.25, -0.2) is 9.18 Å². The molecule has 0 amide bonds. The maximum atomic E-state index is 12.9. The molecule has 0 N–H and O–H groups in total. The van der Waals surface area contributed by atoms with E-state index in [9.17, 15) is 9.18 Å². The third kappa shape index (κ3) is 2.86. The zero-order chi connectivity index (χ0) is 15.7. The van der Waals surface area contributed by atoms with Gasteiger partial charge in [-0.05, 0) is 61.4 Å². The molecule has 22 heavy (non-hydrogen) atoms. The van der Waals surface area contributed by atoms with Crippen molar-refractivity contribution in [2.24, 2.45) is 0 Å². The first-order valence-electron chi connectivity index (χ1n) is 6.95. The molecule has 3 rings (SSSR count). The predicted octanol–water partition coefficient (Wildman–Crippen LogP) is 4.13. The van der Waals surface area contributed by atoms with E-state index < -0.39 is 5.63 Å². The Labute approximate surface area is 127 Å². The lowest BCUT2D eigenvalue weighted by Gasteiger charge is -2.10. The Balaban J connectivity index is 1.97. The molecular formula is C18H15FO3. The van der Waals surface area contributed by atoms with Crippen molar-refractivity contribution in [2.45, 2.75) is 20.5 Å². The average Bonchev–Trinajstić information content (AvgIpc) is 2.48. The molecule has 0 radical (unpaired) electrons. The Hall–Kier alpha value is -2.62. The van der Waals surface area contributed by atoms with Crippen LogP contribution in [-0.4, -0.2) is 0 Å². The van der Waals surface area contributed by atoms with Crippen molar-refractivity contribution in [3.05, 3.63) is 75.4 Å². The highest BCUT2D eigenvalue weighted by Crippen LogP contribution is 2.23. The van der Waals surface area contributed by atoms with Crippen LogP contribution in [0.1, 0.15) is 16.7 Å². The fraction of sp³-hybridized carbons (Fsp3) is 0.167. The summed E-state index contributed by atoms with van der Waals surface area (Å²) in [6.45, 7) is 4.19. The van der Waals surface area contributed by atoms with Gasteiger partial charge in [-0.1, -0.05) is 0 Å². The Bertz CT molecular complexity index is 879. The van der Waals surface area contributed by atoms with E-state index in [2.05, 4.69) is 0 Å². The second-order valence-corrected chi connectivity index (χ2v) is 5.27. The van der Waals surface area contributed by atoms with Gasteiger partial charge in [0.25, 0.3) is 0 Å². The minimum absolute atomic E-state index is 0.218. The Morgan fingerprint density at radius 1 is 1.05 bits per heavy atom. The zero-order valence-corrected chi connectivity index (χ0v) is 12.4. The number of hydrogen-bond donors (Lipinski definition) is 0. The lowest BCUT2D eigenvalue weighted by Crippen LogP contribution is -2.04. The molecule has 1 heterocycles. The maximum absolute atomic E-state index is 12.9. The van der Waals surface area contributed by atoms with Crippen molar-refractivity contribution in [3.63, 3.8) is 0 Å². The normalized spacial score (nSPS) is 10.9. The summed E-state index contributed by atoms with van der Waals surface area (Å²) in [5.41, 5.74) is 3.07. The molecule has 0 bridgehead atoms. The monoisotopic (exact) mass is 298 g/mol. The first-order chi connectivity index (χ1) is 10.5. The van der Waals surface area contributed by atoms with Gasteiger partial charge in [-0.3, -0.25) is 0 Å². The number of ether oxygens (including phenoxy) is 1. The fourth-order valence-corrected chi connectivity index (χ4v) is 2.29. The first-order valence-corrected chi connectivity index (χ1v) is 6.95. The van der Waals surface area contributed by atoms with Crippen LogP contribution in [0.25, 0.3) is 11.0 Å². The Morgan fingerprint density at radius 2 is 1.73 bits per heavy atom. The van der Waals surface area contributed by atoms with Crippen LogP contribution in [0.2, 0.25) is 0 Å². The average molecular weight is 298 g/mol. The fourth-order valence-electron chi connectivity index (χ4n) is 2.29. The van der Waals surface area contributed by atoms with Gasteiger partial charge >= 0.3 is 5.63 Å². The van der Waals surface area contributed by atoms with Crippen molar-refractivity contribution in [2.75, 3.05) is 0 Å². The van der Waals surface area contributed by atoms with Gasteiger partial charge in [0.15, 0.2) is 0 Å². The van der Waals surface area contributed by atoms with Crippen molar-refractivity contribution >= 4 is 11.0 Å². The van der Waals surface area contributed by atoms with E-state index in [1.54, 1.807) is 12.1 Å². The minimum atomic E-state index is -0.409. The number of benzene rings is 2. The second-order valence-electron chi connectivity index (χ2n) is 5.27. The van der Waals surface area contributed by atoms with E-state index in [-0.39, 0.29) is 12.4 Å². The quantitative estimate of drug-likeness (QED) is 0.683. The smallest absolute Gasteiger partial charge is 0.336 e. The van der Waals surface area contributed by atoms with Crippen LogP contribution in [0, 0.1) is 19.7 Å². The first kappa shape index (κ1) is 14.3. The van der Waals surface area contributed by atoms with E-state index in [0.29, 0.717) is 11.3 Å². The number of fused-ring (bicyclic) bond motifs is 1. The molecule has 0 aliphatic rings. The zero-order valence-electron chi connectivity index (χ0n) is 12.4. The third-order valence-electron chi connectivity index (χ3n) is 3.65. The molecule has 0 fully saturated rings. The number of rotatable bonds is 3. The van der Waals surface area contributed by atoms with Crippen molar-refractivity contribution in [1.82, 2.24) is 0 Å². The van der Waals surface area contributed by atoms with Crippen molar-refractivity contribution in [1.29, 1.82) is 0 Å². The summed E-state index contributed by atoms with van der Waals surface area (Å²) in [5.74, 6) is 0.232. The lowest BCUT2D eigenvalue weighted by molar-refractivity contribution is 0.306. The van der Waals surface area contributed by atoms with E-state index in [1.165, 1.54) is 18.2 Å². The topological polar surface area (TPSA) is 39.4 Å². The molecule has 2 aromatic carbocycles. The SMILES string of the molecule is Cc1cc2oc(=O)cc(COc3ccc(F)cc3)c2cc1C. The van der Waals surface area contributed by atoms with Crippen molar-refractivity contribution in [3.8, 4) is 5.75 Å². The summed E-state index contributed by atoms with van der Waals surface area (Å²) in [7, 11) is 0. The summed E-state index contributed by atoms with van der Waals surface area (Å²) in [5, 5.41) is 0.852. The maximum Gasteiger partial charge on any atom is 0.336 e. The summed E-state index contributed by atoms with van der Waals surface area (Å²) >= 11 is 0. The van der Waals surface area contributed by atoms with Gasteiger partial charge in [0.1, 0.15) is 23.8 Å². The van der Waals surface area contributed by atoms with Gasteiger partial charge in [0.2, 0.25) is 0 Å². The van der Waals surface area contributed by atoms with Gasteiger partial charge in [0.05, 0.1) is 0 Å². The summed E-state index contributed by atoms with van der Waals surface area (Å²) < 4.78 is 23.8. The minimum Gasteiger partial charge on any atom is -0.489 e. The molecule has 0 saturated heterocycles. The highest BCUT2D eigenvalue weighted by atomic mass is 19.1. The van der Waals surface area contributed by atoms with Crippen LogP contribution in [0.5, 0.6) is 5.75 Å². The number of halogens is 1. The molecule has 0 aliphatic carbocycles. The van der Waals surface area contributed by atoms with Gasteiger partial charge < -0.3 is 9.15 Å². The predicted molar refractivity (Wildman–Crippen MR) is 82.7 cm³/mol. The van der Waals surface area contributed by atoms with Crippen LogP contribution >= 0.6 is 0 Å². The molecule has 3 aromatic rings. The van der Waals surface area contributed by atoms with Crippen LogP contribution in [0.15, 0.2) is 51.7 Å². The highest BCUT2D eigenvalue weighted by molar-refractivity contribution is 5.81. The number of hydrogen-bond acceptors (Lipinski definition) is 3. The molecule has 0 aliphatic heterocycles. The Kier molecular flexibility index (Phi) is 3.67. The molecule has 0 spiro atoms. The molecule has 0 saturated carbocycles.